The molecule has 2 N–H and O–H groups in total. The molecule has 0 aromatic carbocycles. The van der Waals surface area contributed by atoms with Gasteiger partial charge >= 0.3 is 0 Å². The maximum absolute atomic E-state index is 5.37. The molecule has 0 amide bonds. The third-order valence-corrected chi connectivity index (χ3v) is 1.19. The fourth-order valence-corrected chi connectivity index (χ4v) is 0.189. The Bertz CT molecular complexity index is 26.7. The van der Waals surface area contributed by atoms with Gasteiger partial charge in [0.1, 0.15) is 0 Å². The molecule has 0 aliphatic heterocycles. The standard InChI is InChI=1S/C4H10ClN/c1-4(2-5)3-6/h4H,2-3,6H2,1H3/t4-/m0/s1. The van der Waals surface area contributed by atoms with E-state index < -0.39 is 0 Å². The lowest BCUT2D eigenvalue weighted by molar-refractivity contribution is 0.671. The van der Waals surface area contributed by atoms with E-state index in [9.17, 15) is 0 Å². The SMILES string of the molecule is C[C@H](CN)CCl. The molecule has 0 heterocycles. The largest absolute Gasteiger partial charge is 0.330 e. The Morgan fingerprint density at radius 1 is 1.83 bits per heavy atom. The molecule has 6 heavy (non-hydrogen) atoms. The van der Waals surface area contributed by atoms with Gasteiger partial charge in [-0.05, 0) is 12.5 Å². The summed E-state index contributed by atoms with van der Waals surface area (Å²) in [6.45, 7) is 2.72. The average molecular weight is 108 g/mol. The van der Waals surface area contributed by atoms with Gasteiger partial charge in [0.15, 0.2) is 0 Å². The van der Waals surface area contributed by atoms with Crippen LogP contribution in [0.3, 0.4) is 0 Å². The number of hydrogen-bond acceptors (Lipinski definition) is 1. The molecule has 1 nitrogen and oxygen atoms in total. The molecule has 0 fully saturated rings. The third kappa shape index (κ3) is 2.49. The lowest BCUT2D eigenvalue weighted by Crippen LogP contribution is -2.11. The van der Waals surface area contributed by atoms with Gasteiger partial charge in [-0.3, -0.25) is 0 Å². The topological polar surface area (TPSA) is 26.0 Å². The van der Waals surface area contributed by atoms with Gasteiger partial charge in [0, 0.05) is 5.88 Å². The average Bonchev–Trinajstić information content (AvgIpc) is 1.65. The highest BCUT2D eigenvalue weighted by molar-refractivity contribution is 6.18. The van der Waals surface area contributed by atoms with Crippen LogP contribution in [-0.2, 0) is 0 Å². The normalized spacial score (nSPS) is 14.5. The summed E-state index contributed by atoms with van der Waals surface area (Å²) in [4.78, 5) is 0. The van der Waals surface area contributed by atoms with Crippen LogP contribution in [0.2, 0.25) is 0 Å². The highest BCUT2D eigenvalue weighted by atomic mass is 35.5. The summed E-state index contributed by atoms with van der Waals surface area (Å²) in [5.41, 5.74) is 5.20. The van der Waals surface area contributed by atoms with E-state index in [-0.39, 0.29) is 0 Å². The van der Waals surface area contributed by atoms with Crippen molar-refractivity contribution in [1.29, 1.82) is 0 Å². The molecule has 0 bridgehead atoms. The predicted octanol–water partition coefficient (Wildman–Crippen LogP) is 0.820. The second kappa shape index (κ2) is 3.44. The fourth-order valence-electron chi connectivity index (χ4n) is 0.0630. The summed E-state index contributed by atoms with van der Waals surface area (Å²) in [5.74, 6) is 1.16. The highest BCUT2D eigenvalue weighted by Crippen LogP contribution is 1.91. The number of halogens is 1. The van der Waals surface area contributed by atoms with Crippen molar-refractivity contribution in [1.82, 2.24) is 0 Å². The van der Waals surface area contributed by atoms with E-state index in [4.69, 9.17) is 17.3 Å². The van der Waals surface area contributed by atoms with Crippen molar-refractivity contribution in [2.24, 2.45) is 11.7 Å². The Hall–Kier alpha value is 0.250. The van der Waals surface area contributed by atoms with E-state index in [1.165, 1.54) is 0 Å². The van der Waals surface area contributed by atoms with Crippen molar-refractivity contribution in [2.45, 2.75) is 6.92 Å². The van der Waals surface area contributed by atoms with Gasteiger partial charge in [0.2, 0.25) is 0 Å². The second-order valence-electron chi connectivity index (χ2n) is 1.50. The molecule has 0 aliphatic carbocycles. The summed E-state index contributed by atoms with van der Waals surface area (Å²) in [5, 5.41) is 0. The van der Waals surface area contributed by atoms with E-state index >= 15 is 0 Å². The van der Waals surface area contributed by atoms with Gasteiger partial charge in [-0.15, -0.1) is 11.6 Å². The maximum Gasteiger partial charge on any atom is 0.0261 e. The number of nitrogens with two attached hydrogens (primary N) is 1. The molecule has 0 saturated carbocycles. The summed E-state index contributed by atoms with van der Waals surface area (Å²) in [6, 6.07) is 0. The highest BCUT2D eigenvalue weighted by Gasteiger charge is 1.90. The molecule has 0 aromatic rings. The Morgan fingerprint density at radius 3 is 2.33 bits per heavy atom. The van der Waals surface area contributed by atoms with Crippen molar-refractivity contribution >= 4 is 11.6 Å². The minimum atomic E-state index is 0.478. The number of hydrogen-bond donors (Lipinski definition) is 1. The monoisotopic (exact) mass is 107 g/mol. The fraction of sp³-hybridized carbons (Fsp3) is 1.00. The second-order valence-corrected chi connectivity index (χ2v) is 1.80. The van der Waals surface area contributed by atoms with Gasteiger partial charge in [-0.25, -0.2) is 0 Å². The zero-order valence-corrected chi connectivity index (χ0v) is 4.70. The van der Waals surface area contributed by atoms with Crippen molar-refractivity contribution < 1.29 is 0 Å². The van der Waals surface area contributed by atoms with E-state index in [1.54, 1.807) is 0 Å². The van der Waals surface area contributed by atoms with E-state index in [0.717, 1.165) is 0 Å². The number of alkyl halides is 1. The summed E-state index contributed by atoms with van der Waals surface area (Å²) in [7, 11) is 0. The Balaban J connectivity index is 2.75. The Labute approximate surface area is 43.5 Å². The van der Waals surface area contributed by atoms with Crippen LogP contribution in [0, 0.1) is 5.92 Å². The molecule has 0 aromatic heterocycles. The summed E-state index contributed by atoms with van der Waals surface area (Å²) in [6.07, 6.45) is 0. The van der Waals surface area contributed by atoms with Crippen molar-refractivity contribution in [3.63, 3.8) is 0 Å². The zero-order chi connectivity index (χ0) is 4.99. The Kier molecular flexibility index (Phi) is 3.58. The van der Waals surface area contributed by atoms with Crippen molar-refractivity contribution in [3.8, 4) is 0 Å². The molecular formula is C4H10ClN. The molecule has 38 valence electrons. The first-order valence-electron chi connectivity index (χ1n) is 2.07. The van der Waals surface area contributed by atoms with Crippen LogP contribution in [0.25, 0.3) is 0 Å². The van der Waals surface area contributed by atoms with Crippen LogP contribution in [0.1, 0.15) is 6.92 Å². The van der Waals surface area contributed by atoms with Crippen molar-refractivity contribution in [2.75, 3.05) is 12.4 Å². The quantitative estimate of drug-likeness (QED) is 0.520. The molecule has 0 aliphatic rings. The van der Waals surface area contributed by atoms with Gasteiger partial charge in [-0.2, -0.15) is 0 Å². The van der Waals surface area contributed by atoms with Gasteiger partial charge in [0.25, 0.3) is 0 Å². The number of rotatable bonds is 2. The molecule has 1 atom stereocenters. The molecule has 2 heteroatoms. The molecule has 0 saturated heterocycles. The molecule has 0 spiro atoms. The van der Waals surface area contributed by atoms with Gasteiger partial charge in [0.05, 0.1) is 0 Å². The van der Waals surface area contributed by atoms with Gasteiger partial charge in [-0.1, -0.05) is 6.92 Å². The summed E-state index contributed by atoms with van der Waals surface area (Å²) >= 11 is 5.37. The van der Waals surface area contributed by atoms with Crippen LogP contribution in [-0.4, -0.2) is 12.4 Å². The van der Waals surface area contributed by atoms with E-state index in [0.29, 0.717) is 18.3 Å². The van der Waals surface area contributed by atoms with Crippen LogP contribution in [0.4, 0.5) is 0 Å². The Morgan fingerprint density at radius 2 is 2.33 bits per heavy atom. The molecule has 0 rings (SSSR count). The van der Waals surface area contributed by atoms with Crippen LogP contribution >= 0.6 is 11.6 Å². The van der Waals surface area contributed by atoms with Gasteiger partial charge < -0.3 is 5.73 Å². The van der Waals surface area contributed by atoms with Crippen molar-refractivity contribution in [3.05, 3.63) is 0 Å². The van der Waals surface area contributed by atoms with Crippen LogP contribution < -0.4 is 5.73 Å². The minimum absolute atomic E-state index is 0.478. The van der Waals surface area contributed by atoms with E-state index in [1.807, 2.05) is 6.92 Å². The lowest BCUT2D eigenvalue weighted by Gasteiger charge is -1.97. The van der Waals surface area contributed by atoms with Crippen LogP contribution in [0.5, 0.6) is 0 Å². The predicted molar refractivity (Wildman–Crippen MR) is 28.9 cm³/mol. The maximum atomic E-state index is 5.37. The summed E-state index contributed by atoms with van der Waals surface area (Å²) < 4.78 is 0. The molecule has 0 radical (unpaired) electrons. The lowest BCUT2D eigenvalue weighted by atomic mass is 10.2. The van der Waals surface area contributed by atoms with E-state index in [2.05, 4.69) is 0 Å². The van der Waals surface area contributed by atoms with Crippen LogP contribution in [0.15, 0.2) is 0 Å². The third-order valence-electron chi connectivity index (χ3n) is 0.666. The molecular weight excluding hydrogens is 97.5 g/mol. The smallest absolute Gasteiger partial charge is 0.0261 e. The zero-order valence-electron chi connectivity index (χ0n) is 3.95. The first kappa shape index (κ1) is 6.25. The molecule has 0 unspecified atom stereocenters. The first-order chi connectivity index (χ1) is 2.81. The minimum Gasteiger partial charge on any atom is -0.330 e. The first-order valence-corrected chi connectivity index (χ1v) is 2.60.